The predicted octanol–water partition coefficient (Wildman–Crippen LogP) is 4.44. The minimum Gasteiger partial charge on any atom is -0.497 e. The molecule has 1 amide bonds. The molecular weight excluding hydrogens is 388 g/mol. The molecule has 3 aromatic carbocycles. The second-order valence-electron chi connectivity index (χ2n) is 6.25. The average molecular weight is 408 g/mol. The number of nitro groups is 1. The molecule has 3 rings (SSSR count). The Balaban J connectivity index is 1.74. The van der Waals surface area contributed by atoms with E-state index in [2.05, 4.69) is 5.32 Å². The Kier molecular flexibility index (Phi) is 6.49. The van der Waals surface area contributed by atoms with E-state index < -0.39 is 10.8 Å². The van der Waals surface area contributed by atoms with Gasteiger partial charge in [-0.15, -0.1) is 0 Å². The van der Waals surface area contributed by atoms with Crippen LogP contribution in [0.3, 0.4) is 0 Å². The maximum Gasteiger partial charge on any atom is 0.271 e. The summed E-state index contributed by atoms with van der Waals surface area (Å²) < 4.78 is 16.3. The number of hydrogen-bond acceptors (Lipinski definition) is 6. The van der Waals surface area contributed by atoms with Gasteiger partial charge < -0.3 is 19.5 Å². The van der Waals surface area contributed by atoms with Crippen LogP contribution in [0.1, 0.15) is 15.9 Å². The SMILES string of the molecule is COc1ccc(OCc2cc(C(=O)Nc3cccc([N+](=O)[O-])c3)ccc2OC)cc1. The first-order chi connectivity index (χ1) is 14.5. The normalized spacial score (nSPS) is 10.2. The Morgan fingerprint density at radius 2 is 1.70 bits per heavy atom. The summed E-state index contributed by atoms with van der Waals surface area (Å²) in [5.41, 5.74) is 1.29. The fraction of sp³-hybridized carbons (Fsp3) is 0.136. The smallest absolute Gasteiger partial charge is 0.271 e. The molecule has 8 nitrogen and oxygen atoms in total. The van der Waals surface area contributed by atoms with E-state index >= 15 is 0 Å². The van der Waals surface area contributed by atoms with Gasteiger partial charge in [-0.3, -0.25) is 14.9 Å². The van der Waals surface area contributed by atoms with Crippen LogP contribution in [0.2, 0.25) is 0 Å². The summed E-state index contributed by atoms with van der Waals surface area (Å²) in [5, 5.41) is 13.6. The molecule has 0 bridgehead atoms. The van der Waals surface area contributed by atoms with Crippen LogP contribution in [0.5, 0.6) is 17.2 Å². The first-order valence-electron chi connectivity index (χ1n) is 8.99. The van der Waals surface area contributed by atoms with E-state index in [1.807, 2.05) is 0 Å². The molecule has 0 saturated heterocycles. The number of nitrogens with zero attached hydrogens (tertiary/aromatic N) is 1. The van der Waals surface area contributed by atoms with Gasteiger partial charge in [-0.05, 0) is 48.5 Å². The second-order valence-corrected chi connectivity index (χ2v) is 6.25. The van der Waals surface area contributed by atoms with E-state index in [9.17, 15) is 14.9 Å². The summed E-state index contributed by atoms with van der Waals surface area (Å²) in [6.07, 6.45) is 0. The van der Waals surface area contributed by atoms with Crippen molar-refractivity contribution in [2.75, 3.05) is 19.5 Å². The third kappa shape index (κ3) is 5.05. The highest BCUT2D eigenvalue weighted by Crippen LogP contribution is 2.24. The van der Waals surface area contributed by atoms with Crippen LogP contribution < -0.4 is 19.5 Å². The Morgan fingerprint density at radius 1 is 0.967 bits per heavy atom. The fourth-order valence-electron chi connectivity index (χ4n) is 2.77. The van der Waals surface area contributed by atoms with Crippen molar-refractivity contribution in [1.82, 2.24) is 0 Å². The number of anilines is 1. The van der Waals surface area contributed by atoms with Gasteiger partial charge in [-0.2, -0.15) is 0 Å². The maximum atomic E-state index is 12.6. The average Bonchev–Trinajstić information content (AvgIpc) is 2.78. The van der Waals surface area contributed by atoms with Gasteiger partial charge in [0, 0.05) is 28.9 Å². The molecule has 0 aliphatic heterocycles. The quantitative estimate of drug-likeness (QED) is 0.437. The van der Waals surface area contributed by atoms with Gasteiger partial charge in [-0.1, -0.05) is 6.07 Å². The zero-order valence-corrected chi connectivity index (χ0v) is 16.5. The van der Waals surface area contributed by atoms with Crippen molar-refractivity contribution in [3.05, 3.63) is 88.0 Å². The van der Waals surface area contributed by atoms with Crippen LogP contribution in [0.25, 0.3) is 0 Å². The number of non-ortho nitro benzene ring substituents is 1. The maximum absolute atomic E-state index is 12.6. The number of rotatable bonds is 8. The molecule has 0 aliphatic carbocycles. The Morgan fingerprint density at radius 3 is 2.37 bits per heavy atom. The van der Waals surface area contributed by atoms with Crippen molar-refractivity contribution in [2.24, 2.45) is 0 Å². The molecule has 0 heterocycles. The Hall–Kier alpha value is -4.07. The number of carbonyl (C=O) groups excluding carboxylic acids is 1. The van der Waals surface area contributed by atoms with Gasteiger partial charge in [0.1, 0.15) is 23.9 Å². The highest BCUT2D eigenvalue weighted by atomic mass is 16.6. The van der Waals surface area contributed by atoms with Crippen LogP contribution in [-0.2, 0) is 6.61 Å². The first kappa shape index (κ1) is 20.7. The van der Waals surface area contributed by atoms with Crippen molar-refractivity contribution in [3.8, 4) is 17.2 Å². The van der Waals surface area contributed by atoms with E-state index in [0.29, 0.717) is 28.3 Å². The monoisotopic (exact) mass is 408 g/mol. The zero-order valence-electron chi connectivity index (χ0n) is 16.5. The second kappa shape index (κ2) is 9.42. The van der Waals surface area contributed by atoms with Gasteiger partial charge in [0.05, 0.1) is 19.1 Å². The lowest BCUT2D eigenvalue weighted by Gasteiger charge is -2.13. The fourth-order valence-corrected chi connectivity index (χ4v) is 2.77. The molecule has 30 heavy (non-hydrogen) atoms. The van der Waals surface area contributed by atoms with Crippen molar-refractivity contribution in [1.29, 1.82) is 0 Å². The van der Waals surface area contributed by atoms with Gasteiger partial charge in [0.15, 0.2) is 0 Å². The summed E-state index contributed by atoms with van der Waals surface area (Å²) in [6.45, 7) is 0.188. The molecule has 3 aromatic rings. The summed E-state index contributed by atoms with van der Waals surface area (Å²) in [7, 11) is 3.12. The van der Waals surface area contributed by atoms with Crippen molar-refractivity contribution in [3.63, 3.8) is 0 Å². The number of hydrogen-bond donors (Lipinski definition) is 1. The van der Waals surface area contributed by atoms with E-state index in [1.165, 1.54) is 25.3 Å². The lowest BCUT2D eigenvalue weighted by atomic mass is 10.1. The summed E-state index contributed by atoms with van der Waals surface area (Å²) in [4.78, 5) is 23.0. The number of amides is 1. The van der Waals surface area contributed by atoms with Crippen LogP contribution in [-0.4, -0.2) is 25.1 Å². The lowest BCUT2D eigenvalue weighted by molar-refractivity contribution is -0.384. The van der Waals surface area contributed by atoms with E-state index in [-0.39, 0.29) is 12.3 Å². The van der Waals surface area contributed by atoms with Crippen molar-refractivity contribution in [2.45, 2.75) is 6.61 Å². The molecule has 0 spiro atoms. The van der Waals surface area contributed by atoms with Gasteiger partial charge in [-0.25, -0.2) is 0 Å². The van der Waals surface area contributed by atoms with E-state index in [0.717, 1.165) is 5.75 Å². The van der Waals surface area contributed by atoms with Crippen molar-refractivity contribution >= 4 is 17.3 Å². The minimum atomic E-state index is -0.516. The third-order valence-corrected chi connectivity index (χ3v) is 4.31. The lowest BCUT2D eigenvalue weighted by Crippen LogP contribution is -2.13. The zero-order chi connectivity index (χ0) is 21.5. The van der Waals surface area contributed by atoms with Gasteiger partial charge in [0.25, 0.3) is 11.6 Å². The largest absolute Gasteiger partial charge is 0.497 e. The molecule has 0 unspecified atom stereocenters. The van der Waals surface area contributed by atoms with Gasteiger partial charge in [0.2, 0.25) is 0 Å². The molecule has 0 fully saturated rings. The number of carbonyl (C=O) groups is 1. The number of nitro benzene ring substituents is 1. The third-order valence-electron chi connectivity index (χ3n) is 4.31. The molecule has 0 aliphatic rings. The molecule has 0 saturated carbocycles. The topological polar surface area (TPSA) is 99.9 Å². The summed E-state index contributed by atoms with van der Waals surface area (Å²) in [6, 6.07) is 17.8. The number of methoxy groups -OCH3 is 2. The molecular formula is C22H20N2O6. The van der Waals surface area contributed by atoms with Gasteiger partial charge >= 0.3 is 0 Å². The molecule has 1 N–H and O–H groups in total. The number of ether oxygens (including phenoxy) is 3. The van der Waals surface area contributed by atoms with Crippen LogP contribution in [0.4, 0.5) is 11.4 Å². The molecule has 0 radical (unpaired) electrons. The van der Waals surface area contributed by atoms with Crippen LogP contribution in [0.15, 0.2) is 66.7 Å². The van der Waals surface area contributed by atoms with E-state index in [4.69, 9.17) is 14.2 Å². The van der Waals surface area contributed by atoms with E-state index in [1.54, 1.807) is 55.6 Å². The standard InChI is InChI=1S/C22H20N2O6/c1-28-19-7-9-20(10-8-19)30-14-16-12-15(6-11-21(16)29-2)22(25)23-17-4-3-5-18(13-17)24(26)27/h3-13H,14H2,1-2H3,(H,23,25). The Labute approximate surface area is 173 Å². The first-order valence-corrected chi connectivity index (χ1v) is 8.99. The minimum absolute atomic E-state index is 0.101. The number of benzene rings is 3. The van der Waals surface area contributed by atoms with Crippen LogP contribution >= 0.6 is 0 Å². The summed E-state index contributed by atoms with van der Waals surface area (Å²) >= 11 is 0. The predicted molar refractivity (Wildman–Crippen MR) is 111 cm³/mol. The highest BCUT2D eigenvalue weighted by molar-refractivity contribution is 6.04. The summed E-state index contributed by atoms with van der Waals surface area (Å²) in [5.74, 6) is 1.54. The van der Waals surface area contributed by atoms with Crippen molar-refractivity contribution < 1.29 is 23.9 Å². The highest BCUT2D eigenvalue weighted by Gasteiger charge is 2.13. The molecule has 8 heteroatoms. The van der Waals surface area contributed by atoms with Crippen LogP contribution in [0, 0.1) is 10.1 Å². The molecule has 0 aromatic heterocycles. The molecule has 154 valence electrons. The Bertz CT molecular complexity index is 1050. The molecule has 0 atom stereocenters. The number of nitrogens with one attached hydrogen (secondary N) is 1.